The summed E-state index contributed by atoms with van der Waals surface area (Å²) in [6, 6.07) is -0.323. The van der Waals surface area contributed by atoms with Gasteiger partial charge in [-0.2, -0.15) is 0 Å². The van der Waals surface area contributed by atoms with Crippen molar-refractivity contribution in [2.24, 2.45) is 11.8 Å². The molecule has 0 saturated carbocycles. The molecule has 4 nitrogen and oxygen atoms in total. The van der Waals surface area contributed by atoms with Crippen LogP contribution in [0.2, 0.25) is 0 Å². The van der Waals surface area contributed by atoms with Crippen LogP contribution in [0.1, 0.15) is 67.2 Å². The van der Waals surface area contributed by atoms with Gasteiger partial charge in [0.05, 0.1) is 0 Å². The van der Waals surface area contributed by atoms with Crippen LogP contribution in [0, 0.1) is 11.8 Å². The topological polar surface area (TPSA) is 49.4 Å². The number of carbonyl (C=O) groups excluding carboxylic acids is 2. The van der Waals surface area contributed by atoms with Crippen molar-refractivity contribution in [1.82, 2.24) is 10.2 Å². The molecule has 1 heterocycles. The number of hydrogen-bond acceptors (Lipinski definition) is 2. The predicted molar refractivity (Wildman–Crippen MR) is 85.9 cm³/mol. The largest absolute Gasteiger partial charge is 0.340 e. The average molecular weight is 296 g/mol. The van der Waals surface area contributed by atoms with Crippen LogP contribution in [-0.2, 0) is 9.59 Å². The average Bonchev–Trinajstić information content (AvgIpc) is 2.39. The minimum absolute atomic E-state index is 0.00203. The molecule has 2 amide bonds. The molecule has 1 rings (SSSR count). The number of unbranched alkanes of at least 4 members (excludes halogenated alkanes) is 1. The number of nitrogens with one attached hydrogen (secondary N) is 1. The Kier molecular flexibility index (Phi) is 6.24. The molecule has 1 aliphatic rings. The van der Waals surface area contributed by atoms with Crippen LogP contribution >= 0.6 is 0 Å². The molecule has 21 heavy (non-hydrogen) atoms. The van der Waals surface area contributed by atoms with E-state index in [4.69, 9.17) is 0 Å². The number of piperazine rings is 1. The van der Waals surface area contributed by atoms with E-state index in [-0.39, 0.29) is 23.8 Å². The van der Waals surface area contributed by atoms with Crippen LogP contribution < -0.4 is 5.32 Å². The van der Waals surface area contributed by atoms with E-state index in [9.17, 15) is 9.59 Å². The minimum Gasteiger partial charge on any atom is -0.340 e. The van der Waals surface area contributed by atoms with Crippen molar-refractivity contribution in [2.45, 2.75) is 78.8 Å². The van der Waals surface area contributed by atoms with E-state index in [1.165, 1.54) is 6.42 Å². The maximum atomic E-state index is 12.8. The van der Waals surface area contributed by atoms with Gasteiger partial charge in [-0.15, -0.1) is 0 Å². The first-order valence-electron chi connectivity index (χ1n) is 8.36. The summed E-state index contributed by atoms with van der Waals surface area (Å²) in [5, 5.41) is 2.93. The third-order valence-corrected chi connectivity index (χ3v) is 4.51. The van der Waals surface area contributed by atoms with Gasteiger partial charge in [0.25, 0.3) is 0 Å². The normalized spacial score (nSPS) is 26.7. The van der Waals surface area contributed by atoms with Gasteiger partial charge in [-0.1, -0.05) is 47.5 Å². The SMILES string of the molecule is CCC1(C)NC(=O)C(C(C)C)N(CCCCC(C)C)C1=O. The quantitative estimate of drug-likeness (QED) is 0.734. The highest BCUT2D eigenvalue weighted by Gasteiger charge is 2.47. The second-order valence-corrected chi connectivity index (χ2v) is 7.25. The third-order valence-electron chi connectivity index (χ3n) is 4.51. The molecule has 4 heteroatoms. The lowest BCUT2D eigenvalue weighted by atomic mass is 9.88. The summed E-state index contributed by atoms with van der Waals surface area (Å²) in [4.78, 5) is 27.0. The van der Waals surface area contributed by atoms with Crippen molar-refractivity contribution in [1.29, 1.82) is 0 Å². The molecule has 1 saturated heterocycles. The zero-order valence-electron chi connectivity index (χ0n) is 14.5. The Morgan fingerprint density at radius 3 is 2.29 bits per heavy atom. The van der Waals surface area contributed by atoms with Crippen molar-refractivity contribution in [3.8, 4) is 0 Å². The third kappa shape index (κ3) is 4.21. The van der Waals surface area contributed by atoms with Crippen LogP contribution in [0.25, 0.3) is 0 Å². The first-order chi connectivity index (χ1) is 9.73. The summed E-state index contributed by atoms with van der Waals surface area (Å²) in [5.41, 5.74) is -0.736. The molecule has 1 fully saturated rings. The summed E-state index contributed by atoms with van der Waals surface area (Å²) in [6.45, 7) is 12.9. The second-order valence-electron chi connectivity index (χ2n) is 7.25. The number of hydrogen-bond donors (Lipinski definition) is 1. The zero-order valence-corrected chi connectivity index (χ0v) is 14.5. The van der Waals surface area contributed by atoms with Crippen molar-refractivity contribution in [3.63, 3.8) is 0 Å². The Balaban J connectivity index is 2.81. The van der Waals surface area contributed by atoms with Gasteiger partial charge in [0.15, 0.2) is 0 Å². The molecule has 0 aromatic heterocycles. The van der Waals surface area contributed by atoms with Crippen molar-refractivity contribution >= 4 is 11.8 Å². The van der Waals surface area contributed by atoms with Gasteiger partial charge in [0, 0.05) is 6.54 Å². The molecule has 122 valence electrons. The molecule has 0 radical (unpaired) electrons. The van der Waals surface area contributed by atoms with Crippen molar-refractivity contribution < 1.29 is 9.59 Å². The van der Waals surface area contributed by atoms with Gasteiger partial charge in [-0.3, -0.25) is 9.59 Å². The van der Waals surface area contributed by atoms with Crippen molar-refractivity contribution in [2.75, 3.05) is 6.54 Å². The standard InChI is InChI=1S/C17H32N2O2/c1-7-17(6)16(21)19(11-9-8-10-12(2)3)14(13(4)5)15(20)18-17/h12-14H,7-11H2,1-6H3,(H,18,20). The summed E-state index contributed by atoms with van der Waals surface area (Å²) in [6.07, 6.45) is 3.88. The highest BCUT2D eigenvalue weighted by atomic mass is 16.2. The van der Waals surface area contributed by atoms with Gasteiger partial charge >= 0.3 is 0 Å². The predicted octanol–water partition coefficient (Wildman–Crippen LogP) is 2.96. The fraction of sp³-hybridized carbons (Fsp3) is 0.882. The van der Waals surface area contributed by atoms with E-state index in [1.807, 2.05) is 32.6 Å². The molecule has 2 unspecified atom stereocenters. The summed E-state index contributed by atoms with van der Waals surface area (Å²) in [7, 11) is 0. The maximum Gasteiger partial charge on any atom is 0.248 e. The lowest BCUT2D eigenvalue weighted by Gasteiger charge is -2.45. The molecule has 0 bridgehead atoms. The van der Waals surface area contributed by atoms with E-state index < -0.39 is 5.54 Å². The van der Waals surface area contributed by atoms with E-state index in [0.29, 0.717) is 18.9 Å². The van der Waals surface area contributed by atoms with E-state index >= 15 is 0 Å². The van der Waals surface area contributed by atoms with Gasteiger partial charge < -0.3 is 10.2 Å². The number of carbonyl (C=O) groups is 2. The van der Waals surface area contributed by atoms with E-state index in [0.717, 1.165) is 12.8 Å². The Hall–Kier alpha value is -1.06. The van der Waals surface area contributed by atoms with Gasteiger partial charge in [0.1, 0.15) is 11.6 Å². The highest BCUT2D eigenvalue weighted by molar-refractivity contribution is 5.99. The maximum absolute atomic E-state index is 12.8. The smallest absolute Gasteiger partial charge is 0.248 e. The molecule has 1 aliphatic heterocycles. The molecule has 2 atom stereocenters. The lowest BCUT2D eigenvalue weighted by Crippen LogP contribution is -2.70. The molecular weight excluding hydrogens is 264 g/mol. The van der Waals surface area contributed by atoms with Crippen molar-refractivity contribution in [3.05, 3.63) is 0 Å². The molecule has 1 N–H and O–H groups in total. The molecular formula is C17H32N2O2. The van der Waals surface area contributed by atoms with Gasteiger partial charge in [-0.05, 0) is 31.6 Å². The number of nitrogens with zero attached hydrogens (tertiary/aromatic N) is 1. The molecule has 0 aliphatic carbocycles. The molecule has 0 aromatic carbocycles. The molecule has 0 spiro atoms. The van der Waals surface area contributed by atoms with E-state index in [1.54, 1.807) is 0 Å². The Morgan fingerprint density at radius 1 is 1.19 bits per heavy atom. The van der Waals surface area contributed by atoms with E-state index in [2.05, 4.69) is 19.2 Å². The Bertz CT molecular complexity index is 379. The Morgan fingerprint density at radius 2 is 1.81 bits per heavy atom. The highest BCUT2D eigenvalue weighted by Crippen LogP contribution is 2.25. The minimum atomic E-state index is -0.736. The van der Waals surface area contributed by atoms with Crippen LogP contribution in [0.4, 0.5) is 0 Å². The fourth-order valence-electron chi connectivity index (χ4n) is 2.96. The van der Waals surface area contributed by atoms with Gasteiger partial charge in [0.2, 0.25) is 11.8 Å². The first kappa shape index (κ1) is 18.0. The Labute approximate surface area is 129 Å². The lowest BCUT2D eigenvalue weighted by molar-refractivity contribution is -0.156. The fourth-order valence-corrected chi connectivity index (χ4v) is 2.96. The van der Waals surface area contributed by atoms with Gasteiger partial charge in [-0.25, -0.2) is 0 Å². The van der Waals surface area contributed by atoms with Crippen LogP contribution in [-0.4, -0.2) is 34.8 Å². The summed E-state index contributed by atoms with van der Waals surface area (Å²) in [5.74, 6) is 0.901. The second kappa shape index (κ2) is 7.28. The van der Waals surface area contributed by atoms with Crippen LogP contribution in [0.5, 0.6) is 0 Å². The monoisotopic (exact) mass is 296 g/mol. The van der Waals surface area contributed by atoms with Crippen LogP contribution in [0.3, 0.4) is 0 Å². The number of amides is 2. The first-order valence-corrected chi connectivity index (χ1v) is 8.36. The summed E-state index contributed by atoms with van der Waals surface area (Å²) < 4.78 is 0. The molecule has 0 aromatic rings. The van der Waals surface area contributed by atoms with Crippen LogP contribution in [0.15, 0.2) is 0 Å². The number of rotatable bonds is 7. The summed E-state index contributed by atoms with van der Waals surface area (Å²) >= 11 is 0. The zero-order chi connectivity index (χ0) is 16.2.